The molecule has 1 aliphatic rings. The third-order valence-corrected chi connectivity index (χ3v) is 4.14. The maximum absolute atomic E-state index is 12.4. The van der Waals surface area contributed by atoms with Gasteiger partial charge in [-0.25, -0.2) is 4.98 Å². The van der Waals surface area contributed by atoms with Crippen molar-refractivity contribution in [2.75, 3.05) is 5.32 Å². The third-order valence-electron chi connectivity index (χ3n) is 4.14. The molecular weight excluding hydrogens is 264 g/mol. The zero-order valence-electron chi connectivity index (χ0n) is 11.5. The number of aromatic nitrogens is 3. The number of anilines is 1. The Labute approximate surface area is 122 Å². The van der Waals surface area contributed by atoms with Gasteiger partial charge in [0.1, 0.15) is 5.82 Å². The molecule has 1 atom stereocenters. The average Bonchev–Trinajstić information content (AvgIpc) is 3.14. The summed E-state index contributed by atoms with van der Waals surface area (Å²) in [6.45, 7) is 0.865. The second-order valence-corrected chi connectivity index (χ2v) is 5.50. The van der Waals surface area contributed by atoms with Crippen LogP contribution in [0.3, 0.4) is 0 Å². The van der Waals surface area contributed by atoms with E-state index in [2.05, 4.69) is 19.9 Å². The number of carbonyl (C=O) groups excluding carboxylic acids is 1. The van der Waals surface area contributed by atoms with Gasteiger partial charge < -0.3 is 14.9 Å². The molecule has 4 rings (SSSR count). The van der Waals surface area contributed by atoms with Crippen LogP contribution in [0, 0.1) is 5.92 Å². The van der Waals surface area contributed by atoms with Crippen molar-refractivity contribution in [2.45, 2.75) is 19.4 Å². The minimum atomic E-state index is 0.00169. The summed E-state index contributed by atoms with van der Waals surface area (Å²) in [5.74, 6) is 1.09. The molecule has 0 radical (unpaired) electrons. The van der Waals surface area contributed by atoms with Crippen molar-refractivity contribution in [1.82, 2.24) is 14.5 Å². The molecule has 0 saturated heterocycles. The highest BCUT2D eigenvalue weighted by molar-refractivity contribution is 5.95. The molecule has 2 N–H and O–H groups in total. The van der Waals surface area contributed by atoms with E-state index in [0.717, 1.165) is 35.4 Å². The fraction of sp³-hybridized carbons (Fsp3) is 0.250. The Balaban J connectivity index is 1.50. The van der Waals surface area contributed by atoms with Gasteiger partial charge in [0.25, 0.3) is 0 Å². The molecule has 0 aliphatic carbocycles. The highest BCUT2D eigenvalue weighted by Crippen LogP contribution is 2.22. The maximum atomic E-state index is 12.4. The van der Waals surface area contributed by atoms with E-state index in [0.29, 0.717) is 6.42 Å². The molecule has 1 unspecified atom stereocenters. The van der Waals surface area contributed by atoms with Crippen molar-refractivity contribution in [3.05, 3.63) is 48.7 Å². The first-order valence-corrected chi connectivity index (χ1v) is 7.17. The predicted molar refractivity (Wildman–Crippen MR) is 81.0 cm³/mol. The molecule has 5 heteroatoms. The van der Waals surface area contributed by atoms with Gasteiger partial charge in [-0.3, -0.25) is 4.79 Å². The number of H-pyrrole nitrogens is 1. The summed E-state index contributed by atoms with van der Waals surface area (Å²) in [7, 11) is 0. The van der Waals surface area contributed by atoms with E-state index in [4.69, 9.17) is 0 Å². The molecule has 0 fully saturated rings. The summed E-state index contributed by atoms with van der Waals surface area (Å²) in [4.78, 5) is 19.9. The fourth-order valence-electron chi connectivity index (χ4n) is 2.95. The number of carbonyl (C=O) groups is 1. The molecule has 21 heavy (non-hydrogen) atoms. The van der Waals surface area contributed by atoms with Crippen molar-refractivity contribution < 1.29 is 4.79 Å². The van der Waals surface area contributed by atoms with Crippen LogP contribution < -0.4 is 5.32 Å². The van der Waals surface area contributed by atoms with Crippen molar-refractivity contribution in [3.8, 4) is 0 Å². The van der Waals surface area contributed by atoms with E-state index in [-0.39, 0.29) is 11.8 Å². The van der Waals surface area contributed by atoms with Crippen LogP contribution >= 0.6 is 0 Å². The molecule has 1 aromatic carbocycles. The molecular formula is C16H16N4O. The minimum Gasteiger partial charge on any atom is -0.361 e. The zero-order valence-corrected chi connectivity index (χ0v) is 11.5. The van der Waals surface area contributed by atoms with Crippen LogP contribution in [0.2, 0.25) is 0 Å². The van der Waals surface area contributed by atoms with Crippen LogP contribution in [0.1, 0.15) is 12.2 Å². The average molecular weight is 280 g/mol. The van der Waals surface area contributed by atoms with E-state index in [1.807, 2.05) is 36.7 Å². The summed E-state index contributed by atoms with van der Waals surface area (Å²) in [5, 5.41) is 4.13. The molecule has 3 heterocycles. The summed E-state index contributed by atoms with van der Waals surface area (Å²) in [6, 6.07) is 7.91. The SMILES string of the molecule is O=C(Nc1ccc2[nH]ccc2c1)C1CCn2ccnc2C1. The smallest absolute Gasteiger partial charge is 0.228 e. The highest BCUT2D eigenvalue weighted by Gasteiger charge is 2.25. The fourth-order valence-corrected chi connectivity index (χ4v) is 2.95. The summed E-state index contributed by atoms with van der Waals surface area (Å²) in [5.41, 5.74) is 1.92. The third kappa shape index (κ3) is 2.20. The first kappa shape index (κ1) is 12.2. The summed E-state index contributed by atoms with van der Waals surface area (Å²) < 4.78 is 2.12. The number of hydrogen-bond donors (Lipinski definition) is 2. The Morgan fingerprint density at radius 1 is 1.38 bits per heavy atom. The van der Waals surface area contributed by atoms with Crippen molar-refractivity contribution >= 4 is 22.5 Å². The van der Waals surface area contributed by atoms with Crippen LogP contribution in [-0.2, 0) is 17.8 Å². The number of aromatic amines is 1. The number of amides is 1. The number of imidazole rings is 1. The lowest BCUT2D eigenvalue weighted by Crippen LogP contribution is -2.30. The molecule has 1 amide bonds. The van der Waals surface area contributed by atoms with E-state index >= 15 is 0 Å². The maximum Gasteiger partial charge on any atom is 0.228 e. The topological polar surface area (TPSA) is 62.7 Å². The van der Waals surface area contributed by atoms with Gasteiger partial charge in [-0.1, -0.05) is 0 Å². The standard InChI is InChI=1S/C16H16N4O/c21-16(12-4-7-20-8-6-18-15(20)10-12)19-13-1-2-14-11(9-13)3-5-17-14/h1-3,5-6,8-9,12,17H,4,7,10H2,(H,19,21). The second-order valence-electron chi connectivity index (χ2n) is 5.50. The lowest BCUT2D eigenvalue weighted by Gasteiger charge is -2.22. The van der Waals surface area contributed by atoms with Crippen molar-refractivity contribution in [3.63, 3.8) is 0 Å². The Bertz CT molecular complexity index is 801. The lowest BCUT2D eigenvalue weighted by molar-refractivity contribution is -0.120. The number of nitrogens with zero attached hydrogens (tertiary/aromatic N) is 2. The van der Waals surface area contributed by atoms with Gasteiger partial charge in [0.2, 0.25) is 5.91 Å². The van der Waals surface area contributed by atoms with E-state index in [1.54, 1.807) is 6.20 Å². The second kappa shape index (κ2) is 4.77. The van der Waals surface area contributed by atoms with E-state index in [1.165, 1.54) is 0 Å². The van der Waals surface area contributed by atoms with Gasteiger partial charge in [-0.15, -0.1) is 0 Å². The van der Waals surface area contributed by atoms with Gasteiger partial charge in [-0.2, -0.15) is 0 Å². The number of fused-ring (bicyclic) bond motifs is 2. The van der Waals surface area contributed by atoms with Gasteiger partial charge in [-0.05, 0) is 30.7 Å². The largest absolute Gasteiger partial charge is 0.361 e. The summed E-state index contributed by atoms with van der Waals surface area (Å²) in [6.07, 6.45) is 7.25. The van der Waals surface area contributed by atoms with Crippen LogP contribution in [0.5, 0.6) is 0 Å². The Morgan fingerprint density at radius 2 is 2.33 bits per heavy atom. The van der Waals surface area contributed by atoms with E-state index in [9.17, 15) is 4.79 Å². The minimum absolute atomic E-state index is 0.00169. The lowest BCUT2D eigenvalue weighted by atomic mass is 9.97. The quantitative estimate of drug-likeness (QED) is 0.758. The van der Waals surface area contributed by atoms with Crippen molar-refractivity contribution in [1.29, 1.82) is 0 Å². The number of nitrogens with one attached hydrogen (secondary N) is 2. The normalized spacial score (nSPS) is 17.6. The summed E-state index contributed by atoms with van der Waals surface area (Å²) >= 11 is 0. The molecule has 0 bridgehead atoms. The van der Waals surface area contributed by atoms with Crippen molar-refractivity contribution in [2.24, 2.45) is 5.92 Å². The van der Waals surface area contributed by atoms with Crippen LogP contribution in [-0.4, -0.2) is 20.4 Å². The van der Waals surface area contributed by atoms with Gasteiger partial charge >= 0.3 is 0 Å². The Morgan fingerprint density at radius 3 is 3.29 bits per heavy atom. The first-order chi connectivity index (χ1) is 10.3. The molecule has 0 saturated carbocycles. The monoisotopic (exact) mass is 280 g/mol. The molecule has 5 nitrogen and oxygen atoms in total. The molecule has 2 aromatic heterocycles. The van der Waals surface area contributed by atoms with E-state index < -0.39 is 0 Å². The predicted octanol–water partition coefficient (Wildman–Crippen LogP) is 2.57. The van der Waals surface area contributed by atoms with Gasteiger partial charge in [0, 0.05) is 54.1 Å². The van der Waals surface area contributed by atoms with Gasteiger partial charge in [0.15, 0.2) is 0 Å². The number of hydrogen-bond acceptors (Lipinski definition) is 2. The molecule has 1 aliphatic heterocycles. The number of benzene rings is 1. The zero-order chi connectivity index (χ0) is 14.2. The first-order valence-electron chi connectivity index (χ1n) is 7.17. The molecule has 106 valence electrons. The van der Waals surface area contributed by atoms with Crippen LogP contribution in [0.4, 0.5) is 5.69 Å². The Kier molecular flexibility index (Phi) is 2.77. The van der Waals surface area contributed by atoms with Gasteiger partial charge in [0.05, 0.1) is 0 Å². The van der Waals surface area contributed by atoms with Crippen LogP contribution in [0.25, 0.3) is 10.9 Å². The molecule has 0 spiro atoms. The van der Waals surface area contributed by atoms with Crippen LogP contribution in [0.15, 0.2) is 42.9 Å². The number of rotatable bonds is 2. The molecule has 3 aromatic rings. The Hall–Kier alpha value is -2.56. The number of aryl methyl sites for hydroxylation is 1. The highest BCUT2D eigenvalue weighted by atomic mass is 16.1.